The molecule has 0 heterocycles. The molecule has 0 aliphatic rings. The first-order valence-corrected chi connectivity index (χ1v) is 6.51. The SMILES string of the molecule is C=C(C)C(=O)CCCCCCC(=O)OCCCl. The lowest BCUT2D eigenvalue weighted by molar-refractivity contribution is -0.143. The van der Waals surface area contributed by atoms with Crippen LogP contribution in [0.25, 0.3) is 0 Å². The molecule has 0 aliphatic heterocycles. The second-order valence-electron chi connectivity index (χ2n) is 4.03. The van der Waals surface area contributed by atoms with E-state index in [0.717, 1.165) is 25.7 Å². The smallest absolute Gasteiger partial charge is 0.305 e. The maximum absolute atomic E-state index is 11.2. The predicted octanol–water partition coefficient (Wildman–Crippen LogP) is 3.25. The standard InChI is InChI=1S/C13H21ClO3/c1-11(2)12(15)7-5-3-4-6-8-13(16)17-10-9-14/h1,3-10H2,2H3. The minimum Gasteiger partial charge on any atom is -0.464 e. The number of esters is 1. The topological polar surface area (TPSA) is 43.4 Å². The maximum Gasteiger partial charge on any atom is 0.305 e. The van der Waals surface area contributed by atoms with Gasteiger partial charge in [0.1, 0.15) is 6.61 Å². The molecule has 17 heavy (non-hydrogen) atoms. The van der Waals surface area contributed by atoms with E-state index in [1.807, 2.05) is 0 Å². The van der Waals surface area contributed by atoms with E-state index < -0.39 is 0 Å². The molecule has 0 rings (SSSR count). The van der Waals surface area contributed by atoms with Crippen LogP contribution in [0.2, 0.25) is 0 Å². The van der Waals surface area contributed by atoms with Crippen molar-refractivity contribution in [3.63, 3.8) is 0 Å². The molecule has 0 amide bonds. The molecule has 0 unspecified atom stereocenters. The first kappa shape index (κ1) is 16.2. The first-order chi connectivity index (χ1) is 8.07. The van der Waals surface area contributed by atoms with Crippen LogP contribution in [0.1, 0.15) is 45.4 Å². The van der Waals surface area contributed by atoms with E-state index in [4.69, 9.17) is 16.3 Å². The lowest BCUT2D eigenvalue weighted by atomic mass is 10.1. The van der Waals surface area contributed by atoms with Crippen molar-refractivity contribution in [2.45, 2.75) is 45.4 Å². The number of hydrogen-bond donors (Lipinski definition) is 0. The maximum atomic E-state index is 11.2. The Morgan fingerprint density at radius 3 is 2.24 bits per heavy atom. The largest absolute Gasteiger partial charge is 0.464 e. The fourth-order valence-electron chi connectivity index (χ4n) is 1.35. The Morgan fingerprint density at radius 2 is 1.71 bits per heavy atom. The fraction of sp³-hybridized carbons (Fsp3) is 0.692. The molecule has 0 fully saturated rings. The summed E-state index contributed by atoms with van der Waals surface area (Å²) in [4.78, 5) is 22.3. The fourth-order valence-corrected chi connectivity index (χ4v) is 1.42. The third kappa shape index (κ3) is 10.1. The minimum absolute atomic E-state index is 0.131. The minimum atomic E-state index is -0.191. The van der Waals surface area contributed by atoms with Gasteiger partial charge in [-0.1, -0.05) is 19.4 Å². The third-order valence-electron chi connectivity index (χ3n) is 2.35. The lowest BCUT2D eigenvalue weighted by Gasteiger charge is -2.03. The van der Waals surface area contributed by atoms with Gasteiger partial charge >= 0.3 is 5.97 Å². The van der Waals surface area contributed by atoms with Crippen molar-refractivity contribution in [3.05, 3.63) is 12.2 Å². The van der Waals surface area contributed by atoms with Crippen LogP contribution < -0.4 is 0 Å². The molecular weight excluding hydrogens is 240 g/mol. The first-order valence-electron chi connectivity index (χ1n) is 5.98. The monoisotopic (exact) mass is 260 g/mol. The van der Waals surface area contributed by atoms with Gasteiger partial charge in [0.25, 0.3) is 0 Å². The number of hydrogen-bond acceptors (Lipinski definition) is 3. The summed E-state index contributed by atoms with van der Waals surface area (Å²) in [5.74, 6) is 0.282. The molecule has 0 atom stereocenters. The van der Waals surface area contributed by atoms with Gasteiger partial charge in [-0.15, -0.1) is 11.6 Å². The summed E-state index contributed by atoms with van der Waals surface area (Å²) in [5, 5.41) is 0. The van der Waals surface area contributed by atoms with Crippen LogP contribution in [0.4, 0.5) is 0 Å². The van der Waals surface area contributed by atoms with Crippen LogP contribution in [0.3, 0.4) is 0 Å². The molecule has 4 heteroatoms. The number of ketones is 1. The number of rotatable bonds is 10. The summed E-state index contributed by atoms with van der Waals surface area (Å²) in [5.41, 5.74) is 0.620. The van der Waals surface area contributed by atoms with Crippen molar-refractivity contribution in [1.29, 1.82) is 0 Å². The van der Waals surface area contributed by atoms with Crippen molar-refractivity contribution in [2.75, 3.05) is 12.5 Å². The summed E-state index contributed by atoms with van der Waals surface area (Å²) in [6.07, 6.45) is 4.57. The molecule has 3 nitrogen and oxygen atoms in total. The number of allylic oxidation sites excluding steroid dienone is 1. The normalized spacial score (nSPS) is 10.0. The van der Waals surface area contributed by atoms with Crippen molar-refractivity contribution < 1.29 is 14.3 Å². The molecule has 0 saturated heterocycles. The average Bonchev–Trinajstić information content (AvgIpc) is 2.30. The quantitative estimate of drug-likeness (QED) is 0.262. The van der Waals surface area contributed by atoms with E-state index in [1.165, 1.54) is 0 Å². The molecule has 0 aromatic heterocycles. The number of halogens is 1. The Balaban J connectivity index is 3.32. The molecule has 0 aromatic carbocycles. The lowest BCUT2D eigenvalue weighted by Crippen LogP contribution is -2.06. The van der Waals surface area contributed by atoms with Gasteiger partial charge in [-0.3, -0.25) is 9.59 Å². The summed E-state index contributed by atoms with van der Waals surface area (Å²) in [6, 6.07) is 0. The number of carbonyl (C=O) groups is 2. The highest BCUT2D eigenvalue weighted by Crippen LogP contribution is 2.08. The number of unbranched alkanes of at least 4 members (excludes halogenated alkanes) is 3. The number of ether oxygens (including phenoxy) is 1. The van der Waals surface area contributed by atoms with E-state index in [2.05, 4.69) is 6.58 Å². The third-order valence-corrected chi connectivity index (χ3v) is 2.51. The Kier molecular flexibility index (Phi) is 9.83. The zero-order valence-electron chi connectivity index (χ0n) is 10.5. The van der Waals surface area contributed by atoms with E-state index in [-0.39, 0.29) is 18.4 Å². The predicted molar refractivity (Wildman–Crippen MR) is 69.2 cm³/mol. The summed E-state index contributed by atoms with van der Waals surface area (Å²) in [7, 11) is 0. The highest BCUT2D eigenvalue weighted by Gasteiger charge is 2.03. The molecule has 98 valence electrons. The summed E-state index contributed by atoms with van der Waals surface area (Å²) < 4.78 is 4.83. The van der Waals surface area contributed by atoms with Crippen molar-refractivity contribution in [3.8, 4) is 0 Å². The van der Waals surface area contributed by atoms with Crippen LogP contribution in [-0.4, -0.2) is 24.2 Å². The van der Waals surface area contributed by atoms with Crippen molar-refractivity contribution in [1.82, 2.24) is 0 Å². The summed E-state index contributed by atoms with van der Waals surface area (Å²) in [6.45, 7) is 5.62. The van der Waals surface area contributed by atoms with Crippen LogP contribution >= 0.6 is 11.6 Å². The van der Waals surface area contributed by atoms with Crippen LogP contribution in [0, 0.1) is 0 Å². The van der Waals surface area contributed by atoms with Gasteiger partial charge in [0, 0.05) is 12.8 Å². The Morgan fingerprint density at radius 1 is 1.12 bits per heavy atom. The van der Waals surface area contributed by atoms with Crippen molar-refractivity contribution in [2.24, 2.45) is 0 Å². The number of alkyl halides is 1. The van der Waals surface area contributed by atoms with Crippen molar-refractivity contribution >= 4 is 23.4 Å². The molecule has 0 N–H and O–H groups in total. The zero-order chi connectivity index (χ0) is 13.1. The highest BCUT2D eigenvalue weighted by molar-refractivity contribution is 6.18. The molecule has 0 saturated carbocycles. The second kappa shape index (κ2) is 10.3. The Labute approximate surface area is 108 Å². The Bertz CT molecular complexity index is 261. The van der Waals surface area contributed by atoms with Gasteiger partial charge in [-0.2, -0.15) is 0 Å². The molecule has 0 aliphatic carbocycles. The second-order valence-corrected chi connectivity index (χ2v) is 4.41. The van der Waals surface area contributed by atoms with Gasteiger partial charge in [0.2, 0.25) is 0 Å². The van der Waals surface area contributed by atoms with Gasteiger partial charge in [0.15, 0.2) is 5.78 Å². The van der Waals surface area contributed by atoms with Gasteiger partial charge in [0.05, 0.1) is 5.88 Å². The molecule has 0 aromatic rings. The molecule has 0 spiro atoms. The van der Waals surface area contributed by atoms with E-state index in [9.17, 15) is 9.59 Å². The zero-order valence-corrected chi connectivity index (χ0v) is 11.2. The number of carbonyl (C=O) groups excluding carboxylic acids is 2. The highest BCUT2D eigenvalue weighted by atomic mass is 35.5. The van der Waals surface area contributed by atoms with Crippen LogP contribution in [-0.2, 0) is 14.3 Å². The molecular formula is C13H21ClO3. The van der Waals surface area contributed by atoms with Crippen LogP contribution in [0.5, 0.6) is 0 Å². The Hall–Kier alpha value is -0.830. The average molecular weight is 261 g/mol. The van der Waals surface area contributed by atoms with Gasteiger partial charge in [-0.25, -0.2) is 0 Å². The van der Waals surface area contributed by atoms with Gasteiger partial charge < -0.3 is 4.74 Å². The van der Waals surface area contributed by atoms with E-state index in [1.54, 1.807) is 6.92 Å². The molecule has 0 radical (unpaired) electrons. The molecule has 0 bridgehead atoms. The van der Waals surface area contributed by atoms with E-state index >= 15 is 0 Å². The van der Waals surface area contributed by atoms with Gasteiger partial charge in [-0.05, 0) is 25.3 Å². The summed E-state index contributed by atoms with van der Waals surface area (Å²) >= 11 is 5.39. The van der Waals surface area contributed by atoms with E-state index in [0.29, 0.717) is 24.3 Å². The van der Waals surface area contributed by atoms with Crippen LogP contribution in [0.15, 0.2) is 12.2 Å². The number of Topliss-reactive ketones (excluding diaryl/α,β-unsaturated/α-hetero) is 1.